The first-order valence-electron chi connectivity index (χ1n) is 7.40. The van der Waals surface area contributed by atoms with Gasteiger partial charge >= 0.3 is 0 Å². The molecule has 2 atom stereocenters. The van der Waals surface area contributed by atoms with Crippen LogP contribution in [0.1, 0.15) is 27.2 Å². The molecule has 2 rings (SSSR count). The number of hydrogen-bond donors (Lipinski definition) is 1. The maximum Gasteiger partial charge on any atom is 0.139 e. The molecule has 4 heteroatoms. The summed E-state index contributed by atoms with van der Waals surface area (Å²) in [5.41, 5.74) is 1.20. The normalized spacial score (nSPS) is 23.2. The summed E-state index contributed by atoms with van der Waals surface area (Å²) in [5, 5.41) is 4.33. The van der Waals surface area contributed by atoms with Crippen molar-refractivity contribution in [2.24, 2.45) is 5.92 Å². The fraction of sp³-hybridized carbons (Fsp3) is 0.625. The molecule has 0 amide bonds. The minimum absolute atomic E-state index is 0.524. The molecule has 112 valence electrons. The Balaban J connectivity index is 2.26. The van der Waals surface area contributed by atoms with Crippen molar-refractivity contribution in [2.45, 2.75) is 39.3 Å². The van der Waals surface area contributed by atoms with E-state index in [1.807, 2.05) is 12.1 Å². The van der Waals surface area contributed by atoms with E-state index in [1.54, 1.807) is 7.11 Å². The molecule has 0 saturated carbocycles. The monoisotopic (exact) mass is 296 g/mol. The van der Waals surface area contributed by atoms with Crippen molar-refractivity contribution in [1.82, 2.24) is 5.32 Å². The van der Waals surface area contributed by atoms with E-state index in [9.17, 15) is 0 Å². The number of benzene rings is 1. The van der Waals surface area contributed by atoms with Crippen LogP contribution in [0.5, 0.6) is 5.75 Å². The predicted octanol–water partition coefficient (Wildman–Crippen LogP) is 3.56. The SMILES string of the molecule is CCC1CNC(C(C)C)CN1c1ccc(Cl)c(OC)c1. The van der Waals surface area contributed by atoms with Crippen molar-refractivity contribution in [1.29, 1.82) is 0 Å². The van der Waals surface area contributed by atoms with Crippen LogP contribution < -0.4 is 15.0 Å². The summed E-state index contributed by atoms with van der Waals surface area (Å²) >= 11 is 6.13. The van der Waals surface area contributed by atoms with Crippen molar-refractivity contribution in [3.8, 4) is 5.75 Å². The van der Waals surface area contributed by atoms with E-state index in [1.165, 1.54) is 5.69 Å². The van der Waals surface area contributed by atoms with Gasteiger partial charge in [-0.2, -0.15) is 0 Å². The van der Waals surface area contributed by atoms with Gasteiger partial charge in [0.1, 0.15) is 5.75 Å². The third-order valence-corrected chi connectivity index (χ3v) is 4.50. The van der Waals surface area contributed by atoms with Crippen LogP contribution in [0.2, 0.25) is 5.02 Å². The molecule has 20 heavy (non-hydrogen) atoms. The summed E-state index contributed by atoms with van der Waals surface area (Å²) in [6.45, 7) is 8.84. The Morgan fingerprint density at radius 2 is 2.20 bits per heavy atom. The molecule has 1 saturated heterocycles. The van der Waals surface area contributed by atoms with E-state index in [2.05, 4.69) is 37.1 Å². The van der Waals surface area contributed by atoms with E-state index in [0.717, 1.165) is 25.3 Å². The van der Waals surface area contributed by atoms with Crippen LogP contribution in [0.15, 0.2) is 18.2 Å². The van der Waals surface area contributed by atoms with Crippen LogP contribution in [0.25, 0.3) is 0 Å². The first-order chi connectivity index (χ1) is 9.56. The lowest BCUT2D eigenvalue weighted by Crippen LogP contribution is -2.58. The molecule has 1 aliphatic rings. The van der Waals surface area contributed by atoms with Crippen molar-refractivity contribution in [3.05, 3.63) is 23.2 Å². The van der Waals surface area contributed by atoms with Gasteiger partial charge in [0.25, 0.3) is 0 Å². The quantitative estimate of drug-likeness (QED) is 0.919. The Bertz CT molecular complexity index is 450. The molecule has 0 aliphatic carbocycles. The van der Waals surface area contributed by atoms with Crippen molar-refractivity contribution >= 4 is 17.3 Å². The summed E-state index contributed by atoms with van der Waals surface area (Å²) in [6, 6.07) is 7.12. The Morgan fingerprint density at radius 1 is 1.45 bits per heavy atom. The van der Waals surface area contributed by atoms with Crippen LogP contribution in [0.3, 0.4) is 0 Å². The van der Waals surface area contributed by atoms with Gasteiger partial charge in [-0.25, -0.2) is 0 Å². The highest BCUT2D eigenvalue weighted by Crippen LogP contribution is 2.31. The molecule has 1 fully saturated rings. The third kappa shape index (κ3) is 3.21. The standard InChI is InChI=1S/C16H25ClN2O/c1-5-12-9-18-15(11(2)3)10-19(12)13-6-7-14(17)16(8-13)20-4/h6-8,11-12,15,18H,5,9-10H2,1-4H3. The predicted molar refractivity (Wildman–Crippen MR) is 86.1 cm³/mol. The number of anilines is 1. The van der Waals surface area contributed by atoms with Gasteiger partial charge in [-0.3, -0.25) is 0 Å². The van der Waals surface area contributed by atoms with Gasteiger partial charge in [0.05, 0.1) is 12.1 Å². The van der Waals surface area contributed by atoms with Gasteiger partial charge in [-0.05, 0) is 24.5 Å². The fourth-order valence-electron chi connectivity index (χ4n) is 2.78. The number of halogens is 1. The minimum atomic E-state index is 0.524. The molecule has 1 aromatic rings. The number of nitrogens with zero attached hydrogens (tertiary/aromatic N) is 1. The molecular formula is C16H25ClN2O. The lowest BCUT2D eigenvalue weighted by Gasteiger charge is -2.43. The molecule has 1 aliphatic heterocycles. The molecular weight excluding hydrogens is 272 g/mol. The number of methoxy groups -OCH3 is 1. The summed E-state index contributed by atoms with van der Waals surface area (Å²) in [6.07, 6.45) is 1.13. The zero-order chi connectivity index (χ0) is 14.7. The second-order valence-electron chi connectivity index (χ2n) is 5.79. The molecule has 1 aromatic carbocycles. The Labute approximate surface area is 127 Å². The van der Waals surface area contributed by atoms with Gasteiger partial charge in [0.15, 0.2) is 0 Å². The average molecular weight is 297 g/mol. The van der Waals surface area contributed by atoms with Crippen LogP contribution in [-0.2, 0) is 0 Å². The fourth-order valence-corrected chi connectivity index (χ4v) is 2.97. The molecule has 2 unspecified atom stereocenters. The Morgan fingerprint density at radius 3 is 2.80 bits per heavy atom. The second-order valence-corrected chi connectivity index (χ2v) is 6.20. The highest BCUT2D eigenvalue weighted by atomic mass is 35.5. The highest BCUT2D eigenvalue weighted by Gasteiger charge is 2.28. The number of piperazine rings is 1. The lowest BCUT2D eigenvalue weighted by atomic mass is 9.98. The first-order valence-corrected chi connectivity index (χ1v) is 7.78. The molecule has 1 heterocycles. The number of hydrogen-bond acceptors (Lipinski definition) is 3. The largest absolute Gasteiger partial charge is 0.495 e. The summed E-state index contributed by atoms with van der Waals surface area (Å²) in [4.78, 5) is 2.49. The van der Waals surface area contributed by atoms with Gasteiger partial charge < -0.3 is 15.0 Å². The smallest absolute Gasteiger partial charge is 0.139 e. The number of nitrogens with one attached hydrogen (secondary N) is 1. The van der Waals surface area contributed by atoms with E-state index < -0.39 is 0 Å². The number of rotatable bonds is 4. The van der Waals surface area contributed by atoms with E-state index >= 15 is 0 Å². The minimum Gasteiger partial charge on any atom is -0.495 e. The van der Waals surface area contributed by atoms with Gasteiger partial charge in [-0.15, -0.1) is 0 Å². The van der Waals surface area contributed by atoms with Crippen molar-refractivity contribution < 1.29 is 4.74 Å². The molecule has 0 spiro atoms. The van der Waals surface area contributed by atoms with Crippen LogP contribution in [0, 0.1) is 5.92 Å². The number of ether oxygens (including phenoxy) is 1. The summed E-state index contributed by atoms with van der Waals surface area (Å²) in [5.74, 6) is 1.38. The lowest BCUT2D eigenvalue weighted by molar-refractivity contribution is 0.325. The maximum absolute atomic E-state index is 6.13. The molecule has 1 N–H and O–H groups in total. The molecule has 3 nitrogen and oxygen atoms in total. The van der Waals surface area contributed by atoms with E-state index in [0.29, 0.717) is 23.0 Å². The average Bonchev–Trinajstić information content (AvgIpc) is 2.47. The van der Waals surface area contributed by atoms with E-state index in [-0.39, 0.29) is 0 Å². The maximum atomic E-state index is 6.13. The Hall–Kier alpha value is -0.930. The van der Waals surface area contributed by atoms with Crippen LogP contribution in [-0.4, -0.2) is 32.3 Å². The summed E-state index contributed by atoms with van der Waals surface area (Å²) in [7, 11) is 1.66. The third-order valence-electron chi connectivity index (χ3n) is 4.19. The first kappa shape index (κ1) is 15.5. The van der Waals surface area contributed by atoms with Gasteiger partial charge in [-0.1, -0.05) is 32.4 Å². The van der Waals surface area contributed by atoms with Crippen molar-refractivity contribution in [2.75, 3.05) is 25.1 Å². The second kappa shape index (κ2) is 6.68. The van der Waals surface area contributed by atoms with Crippen LogP contribution >= 0.6 is 11.6 Å². The van der Waals surface area contributed by atoms with E-state index in [4.69, 9.17) is 16.3 Å². The van der Waals surface area contributed by atoms with Crippen LogP contribution in [0.4, 0.5) is 5.69 Å². The molecule has 0 aromatic heterocycles. The van der Waals surface area contributed by atoms with Gasteiger partial charge in [0, 0.05) is 36.9 Å². The Kier molecular flexibility index (Phi) is 5.17. The zero-order valence-electron chi connectivity index (χ0n) is 12.8. The summed E-state index contributed by atoms with van der Waals surface area (Å²) < 4.78 is 5.35. The molecule has 0 bridgehead atoms. The van der Waals surface area contributed by atoms with Gasteiger partial charge in [0.2, 0.25) is 0 Å². The highest BCUT2D eigenvalue weighted by molar-refractivity contribution is 6.32. The molecule has 0 radical (unpaired) electrons. The zero-order valence-corrected chi connectivity index (χ0v) is 13.6. The topological polar surface area (TPSA) is 24.5 Å². The van der Waals surface area contributed by atoms with Crippen molar-refractivity contribution in [3.63, 3.8) is 0 Å².